The maximum Gasteiger partial charge on any atom is 0.490 e. The zero-order valence-electron chi connectivity index (χ0n) is 17.3. The van der Waals surface area contributed by atoms with Crippen LogP contribution in [-0.4, -0.2) is 68.2 Å². The van der Waals surface area contributed by atoms with Crippen LogP contribution >= 0.6 is 23.5 Å². The molecule has 2 aromatic heterocycles. The molecule has 3 heterocycles. The molecule has 1 aliphatic rings. The van der Waals surface area contributed by atoms with Gasteiger partial charge in [-0.15, -0.1) is 6.42 Å². The van der Waals surface area contributed by atoms with Crippen molar-refractivity contribution in [3.63, 3.8) is 0 Å². The van der Waals surface area contributed by atoms with E-state index in [4.69, 9.17) is 26.7 Å². The van der Waals surface area contributed by atoms with Gasteiger partial charge in [-0.25, -0.2) is 13.7 Å². The molecule has 0 spiro atoms. The lowest BCUT2D eigenvalue weighted by Gasteiger charge is -2.27. The van der Waals surface area contributed by atoms with Gasteiger partial charge in [-0.05, 0) is 13.0 Å². The van der Waals surface area contributed by atoms with Crippen molar-refractivity contribution in [1.82, 2.24) is 14.5 Å². The second-order valence-corrected chi connectivity index (χ2v) is 11.6. The van der Waals surface area contributed by atoms with Gasteiger partial charge in [0.25, 0.3) is 5.56 Å². The van der Waals surface area contributed by atoms with E-state index in [-0.39, 0.29) is 17.0 Å². The molecule has 1 aliphatic heterocycles. The van der Waals surface area contributed by atoms with Gasteiger partial charge in [0.05, 0.1) is 11.5 Å². The fourth-order valence-corrected chi connectivity index (χ4v) is 6.54. The maximum absolute atomic E-state index is 12.1. The first-order valence-corrected chi connectivity index (χ1v) is 13.6. The molecular formula is C14H19N4O14P3. The van der Waals surface area contributed by atoms with Gasteiger partial charge in [-0.3, -0.25) is 14.3 Å². The molecule has 0 radical (unpaired) electrons. The monoisotopic (exact) mass is 560 g/mol. The van der Waals surface area contributed by atoms with E-state index >= 15 is 0 Å². The lowest BCUT2D eigenvalue weighted by Crippen LogP contribution is -2.47. The number of phosphoric acid groups is 3. The third-order valence-electron chi connectivity index (χ3n) is 4.69. The first-order chi connectivity index (χ1) is 15.9. The molecule has 7 atom stereocenters. The Morgan fingerprint density at radius 1 is 1.29 bits per heavy atom. The van der Waals surface area contributed by atoms with E-state index in [1.54, 1.807) is 0 Å². The number of nitrogen functional groups attached to an aromatic ring is 1. The number of rotatable bonds is 8. The molecule has 3 unspecified atom stereocenters. The molecule has 0 saturated carbocycles. The van der Waals surface area contributed by atoms with E-state index in [1.807, 2.05) is 5.92 Å². The van der Waals surface area contributed by atoms with Crippen LogP contribution in [0.4, 0.5) is 5.95 Å². The molecular weight excluding hydrogens is 541 g/mol. The molecule has 21 heteroatoms. The Kier molecular flexibility index (Phi) is 7.25. The van der Waals surface area contributed by atoms with Gasteiger partial charge >= 0.3 is 23.5 Å². The highest BCUT2D eigenvalue weighted by atomic mass is 31.3. The molecule has 0 amide bonds. The van der Waals surface area contributed by atoms with Gasteiger partial charge in [0.2, 0.25) is 5.95 Å². The number of aliphatic hydroxyl groups is 2. The molecule has 0 bridgehead atoms. The number of hydrogen-bond acceptors (Lipinski definition) is 12. The summed E-state index contributed by atoms with van der Waals surface area (Å²) in [5.41, 5.74) is 2.29. The smallest absolute Gasteiger partial charge is 0.386 e. The normalized spacial score (nSPS) is 29.4. The van der Waals surface area contributed by atoms with Crippen LogP contribution in [0.3, 0.4) is 0 Å². The van der Waals surface area contributed by atoms with Gasteiger partial charge in [-0.2, -0.15) is 13.6 Å². The van der Waals surface area contributed by atoms with Crippen LogP contribution in [-0.2, 0) is 31.6 Å². The minimum Gasteiger partial charge on any atom is -0.386 e. The van der Waals surface area contributed by atoms with Crippen molar-refractivity contribution in [3.8, 4) is 12.3 Å². The third kappa shape index (κ3) is 5.74. The van der Waals surface area contributed by atoms with Crippen molar-refractivity contribution >= 4 is 40.4 Å². The number of ether oxygens (including phenoxy) is 1. The van der Waals surface area contributed by atoms with Crippen LogP contribution < -0.4 is 11.3 Å². The zero-order chi connectivity index (χ0) is 26.6. The quantitative estimate of drug-likeness (QED) is 0.137. The average molecular weight is 560 g/mol. The number of aromatic amines is 1. The van der Waals surface area contributed by atoms with Crippen molar-refractivity contribution in [2.24, 2.45) is 0 Å². The number of phosphoric ester groups is 1. The highest BCUT2D eigenvalue weighted by Gasteiger charge is 2.58. The molecule has 0 aromatic carbocycles. The number of aliphatic hydroxyl groups excluding tert-OH is 1. The Hall–Kier alpha value is -1.93. The van der Waals surface area contributed by atoms with E-state index in [9.17, 15) is 38.5 Å². The first kappa shape index (κ1) is 27.7. The number of nitrogens with two attached hydrogens (primary N) is 1. The number of fused-ring (bicyclic) bond motifs is 1. The van der Waals surface area contributed by atoms with Crippen LogP contribution in [0.5, 0.6) is 0 Å². The predicted octanol–water partition coefficient (Wildman–Crippen LogP) is -1.34. The summed E-state index contributed by atoms with van der Waals surface area (Å²) in [6.07, 6.45) is -0.457. The summed E-state index contributed by atoms with van der Waals surface area (Å²) in [4.78, 5) is 54.4. The van der Waals surface area contributed by atoms with E-state index in [2.05, 4.69) is 23.1 Å². The molecule has 1 saturated heterocycles. The molecule has 2 aromatic rings. The third-order valence-corrected chi connectivity index (χ3v) is 8.61. The lowest BCUT2D eigenvalue weighted by atomic mass is 9.93. The number of nitrogens with zero attached hydrogens (tertiary/aromatic N) is 2. The minimum atomic E-state index is -5.80. The van der Waals surface area contributed by atoms with E-state index in [1.165, 1.54) is 12.3 Å². The highest BCUT2D eigenvalue weighted by Crippen LogP contribution is 2.66. The largest absolute Gasteiger partial charge is 0.490 e. The topological polar surface area (TPSA) is 286 Å². The minimum absolute atomic E-state index is 0.0152. The molecule has 3 rings (SSSR count). The summed E-state index contributed by atoms with van der Waals surface area (Å²) in [5.74, 6) is 1.65. The summed E-state index contributed by atoms with van der Waals surface area (Å²) < 4.78 is 52.9. The van der Waals surface area contributed by atoms with Crippen LogP contribution in [0, 0.1) is 12.3 Å². The van der Waals surface area contributed by atoms with Gasteiger partial charge in [0.15, 0.2) is 17.5 Å². The van der Waals surface area contributed by atoms with Crippen molar-refractivity contribution in [3.05, 3.63) is 22.6 Å². The molecule has 1 fully saturated rings. The second-order valence-electron chi connectivity index (χ2n) is 7.18. The van der Waals surface area contributed by atoms with Crippen LogP contribution in [0.2, 0.25) is 0 Å². The molecule has 9 N–H and O–H groups in total. The Bertz CT molecular complexity index is 1380. The predicted molar refractivity (Wildman–Crippen MR) is 113 cm³/mol. The fraction of sp³-hybridized carbons (Fsp3) is 0.429. The number of hydrogen-bond donors (Lipinski definition) is 8. The molecule has 35 heavy (non-hydrogen) atoms. The summed E-state index contributed by atoms with van der Waals surface area (Å²) in [6, 6.07) is 1.29. The van der Waals surface area contributed by atoms with Crippen molar-refractivity contribution in [2.75, 3.05) is 5.73 Å². The van der Waals surface area contributed by atoms with Gasteiger partial charge in [-0.1, -0.05) is 5.92 Å². The van der Waals surface area contributed by atoms with E-state index in [0.717, 1.165) is 11.5 Å². The summed E-state index contributed by atoms with van der Waals surface area (Å²) >= 11 is 0. The zero-order valence-corrected chi connectivity index (χ0v) is 20.0. The standard InChI is InChI=1S/C14H19N4O14P3/c1-3-14(21)9(19)8(6(2)30-34(25,26)32-35(27,28)31-33(22,23)24)29-12(14)18-5-4-7-10(18)16-13(15)17-11(7)20/h1,4-6,8-9,12,19,21H,2H3,(H,25,26)(H,27,28)(H2,22,23,24)(H3,15,16,17,20)/t6-,8+,9-,12+,14?/m0/s1. The van der Waals surface area contributed by atoms with Crippen molar-refractivity contribution < 1.29 is 61.4 Å². The lowest BCUT2D eigenvalue weighted by molar-refractivity contribution is -0.0829. The summed E-state index contributed by atoms with van der Waals surface area (Å²) in [5, 5.41) is 21.6. The Balaban J connectivity index is 1.89. The molecule has 0 aliphatic carbocycles. The molecule has 18 nitrogen and oxygen atoms in total. The Labute approximate surface area is 194 Å². The van der Waals surface area contributed by atoms with Crippen LogP contribution in [0.15, 0.2) is 17.1 Å². The SMILES string of the molecule is C#CC1(O)[C@@H](O)[C@@H]([C@H](C)OP(=O)(O)OP(=O)(O)OP(=O)(O)O)O[C@H]1n1ccc2c(=O)[nH]c(N)nc21. The fourth-order valence-electron chi connectivity index (χ4n) is 3.34. The number of anilines is 1. The highest BCUT2D eigenvalue weighted by molar-refractivity contribution is 7.66. The molecule has 194 valence electrons. The van der Waals surface area contributed by atoms with Gasteiger partial charge in [0.1, 0.15) is 12.2 Å². The number of terminal acetylenes is 1. The van der Waals surface area contributed by atoms with E-state index < -0.39 is 59.2 Å². The van der Waals surface area contributed by atoms with Gasteiger partial charge in [0, 0.05) is 6.20 Å². The maximum atomic E-state index is 12.1. The number of aromatic nitrogens is 3. The van der Waals surface area contributed by atoms with Crippen molar-refractivity contribution in [1.29, 1.82) is 0 Å². The Morgan fingerprint density at radius 2 is 1.91 bits per heavy atom. The first-order valence-electron chi connectivity index (χ1n) is 9.11. The summed E-state index contributed by atoms with van der Waals surface area (Å²) in [6.45, 7) is 1.01. The second kappa shape index (κ2) is 9.18. The van der Waals surface area contributed by atoms with Gasteiger partial charge < -0.3 is 44.8 Å². The van der Waals surface area contributed by atoms with Crippen molar-refractivity contribution in [2.45, 2.75) is 37.1 Å². The summed E-state index contributed by atoms with van der Waals surface area (Å²) in [7, 11) is -17.0. The number of H-pyrrole nitrogens is 1. The van der Waals surface area contributed by atoms with Crippen LogP contribution in [0.25, 0.3) is 11.0 Å². The number of nitrogens with one attached hydrogen (secondary N) is 1. The van der Waals surface area contributed by atoms with E-state index in [0.29, 0.717) is 0 Å². The average Bonchev–Trinajstić information content (AvgIpc) is 3.18. The van der Waals surface area contributed by atoms with Crippen LogP contribution in [0.1, 0.15) is 13.2 Å². The Morgan fingerprint density at radius 3 is 2.49 bits per heavy atom.